The quantitative estimate of drug-likeness (QED) is 0.446. The predicted octanol–water partition coefficient (Wildman–Crippen LogP) is 6.09. The number of benzene rings is 1. The summed E-state index contributed by atoms with van der Waals surface area (Å²) in [7, 11) is 0. The van der Waals surface area contributed by atoms with E-state index in [0.29, 0.717) is 17.5 Å². The summed E-state index contributed by atoms with van der Waals surface area (Å²) in [4.78, 5) is 22.4. The Balaban J connectivity index is 1.30. The first-order valence-electron chi connectivity index (χ1n) is 13.5. The van der Waals surface area contributed by atoms with Gasteiger partial charge in [-0.05, 0) is 94.7 Å². The number of rotatable bonds is 6. The van der Waals surface area contributed by atoms with Crippen molar-refractivity contribution in [1.29, 1.82) is 0 Å². The Bertz CT molecular complexity index is 1230. The lowest BCUT2D eigenvalue weighted by Crippen LogP contribution is -2.45. The molecule has 1 amide bonds. The van der Waals surface area contributed by atoms with Crippen LogP contribution in [0.25, 0.3) is 11.5 Å². The minimum atomic E-state index is 0.0180. The molecule has 4 fully saturated rings. The van der Waals surface area contributed by atoms with Gasteiger partial charge in [0.1, 0.15) is 0 Å². The Morgan fingerprint density at radius 2 is 1.64 bits per heavy atom. The monoisotopic (exact) mass is 489 g/mol. The molecule has 4 aliphatic carbocycles. The average molecular weight is 490 g/mol. The highest BCUT2D eigenvalue weighted by Crippen LogP contribution is 2.59. The molecule has 0 radical (unpaired) electrons. The minimum Gasteiger partial charge on any atom is -0.339 e. The van der Waals surface area contributed by atoms with Gasteiger partial charge in [0.15, 0.2) is 11.6 Å². The third-order valence-electron chi connectivity index (χ3n) is 9.10. The molecule has 1 N–H and O–H groups in total. The van der Waals surface area contributed by atoms with Gasteiger partial charge in [0.25, 0.3) is 5.89 Å². The number of amides is 1. The number of fused-ring (bicyclic) bond motifs is 3. The van der Waals surface area contributed by atoms with Gasteiger partial charge >= 0.3 is 0 Å². The summed E-state index contributed by atoms with van der Waals surface area (Å²) >= 11 is 0. The number of carbonyl (C=O) groups is 1. The second-order valence-electron chi connectivity index (χ2n) is 11.4. The first kappa shape index (κ1) is 23.4. The van der Waals surface area contributed by atoms with Gasteiger partial charge in [-0.3, -0.25) is 4.79 Å². The third-order valence-corrected chi connectivity index (χ3v) is 9.10. The lowest BCUT2D eigenvalue weighted by molar-refractivity contribution is -0.120. The standard InChI is InChI=1S/C28H35N5O3/c1-18-29-25(35-32-18)21-9-6-10-23(31-24(34)20-7-4-3-5-8-20)22(21)17-27-11-14-28(15-12-27,16-13-27)26-30-19(2)33-36-26/h6,9-10,20H,3-5,7-8,11-17H2,1-2H3,(H,31,34). The fourth-order valence-electron chi connectivity index (χ4n) is 6.84. The number of hydrogen-bond acceptors (Lipinski definition) is 7. The van der Waals surface area contributed by atoms with Gasteiger partial charge in [-0.1, -0.05) is 35.6 Å². The summed E-state index contributed by atoms with van der Waals surface area (Å²) in [6.07, 6.45) is 12.8. The molecule has 0 spiro atoms. The van der Waals surface area contributed by atoms with Crippen LogP contribution in [0.5, 0.6) is 0 Å². The van der Waals surface area contributed by atoms with Crippen LogP contribution in [0, 0.1) is 25.2 Å². The maximum absolute atomic E-state index is 13.2. The van der Waals surface area contributed by atoms with E-state index in [4.69, 9.17) is 9.05 Å². The zero-order valence-corrected chi connectivity index (χ0v) is 21.3. The van der Waals surface area contributed by atoms with Crippen LogP contribution in [0.3, 0.4) is 0 Å². The van der Waals surface area contributed by atoms with Gasteiger partial charge in [0.05, 0.1) is 0 Å². The van der Waals surface area contributed by atoms with E-state index in [1.807, 2.05) is 32.0 Å². The van der Waals surface area contributed by atoms with Crippen LogP contribution in [0.4, 0.5) is 5.69 Å². The van der Waals surface area contributed by atoms with E-state index in [2.05, 4.69) is 25.6 Å². The fourth-order valence-corrected chi connectivity index (χ4v) is 6.84. The molecule has 0 aliphatic heterocycles. The minimum absolute atomic E-state index is 0.0180. The summed E-state index contributed by atoms with van der Waals surface area (Å²) in [6, 6.07) is 6.07. The summed E-state index contributed by atoms with van der Waals surface area (Å²) in [6.45, 7) is 3.72. The molecule has 0 saturated heterocycles. The van der Waals surface area contributed by atoms with Crippen LogP contribution in [-0.4, -0.2) is 26.2 Å². The fraction of sp³-hybridized carbons (Fsp3) is 0.607. The Morgan fingerprint density at radius 1 is 0.944 bits per heavy atom. The molecule has 3 aromatic rings. The van der Waals surface area contributed by atoms with E-state index >= 15 is 0 Å². The largest absolute Gasteiger partial charge is 0.339 e. The first-order valence-corrected chi connectivity index (χ1v) is 13.5. The van der Waals surface area contributed by atoms with E-state index in [9.17, 15) is 4.79 Å². The van der Waals surface area contributed by atoms with E-state index in [-0.39, 0.29) is 22.7 Å². The zero-order chi connectivity index (χ0) is 24.8. The first-order chi connectivity index (χ1) is 17.5. The summed E-state index contributed by atoms with van der Waals surface area (Å²) < 4.78 is 11.2. The number of nitrogens with zero attached hydrogens (tertiary/aromatic N) is 4. The number of anilines is 1. The van der Waals surface area contributed by atoms with Gasteiger partial charge in [-0.15, -0.1) is 0 Å². The molecule has 2 heterocycles. The van der Waals surface area contributed by atoms with Crippen LogP contribution in [-0.2, 0) is 16.6 Å². The van der Waals surface area contributed by atoms with Gasteiger partial charge in [0.2, 0.25) is 11.8 Å². The van der Waals surface area contributed by atoms with Crippen molar-refractivity contribution in [2.24, 2.45) is 11.3 Å². The number of aryl methyl sites for hydroxylation is 2. The summed E-state index contributed by atoms with van der Waals surface area (Å²) in [5.41, 5.74) is 3.13. The van der Waals surface area contributed by atoms with Crippen LogP contribution in [0.1, 0.15) is 93.7 Å². The molecule has 0 atom stereocenters. The molecule has 36 heavy (non-hydrogen) atoms. The highest BCUT2D eigenvalue weighted by molar-refractivity contribution is 5.94. The molecule has 2 aromatic heterocycles. The average Bonchev–Trinajstić information content (AvgIpc) is 3.55. The maximum Gasteiger partial charge on any atom is 0.258 e. The highest BCUT2D eigenvalue weighted by atomic mass is 16.5. The Morgan fingerprint density at radius 3 is 2.28 bits per heavy atom. The summed E-state index contributed by atoms with van der Waals surface area (Å²) in [5.74, 6) is 2.90. The van der Waals surface area contributed by atoms with E-state index in [1.165, 1.54) is 6.42 Å². The smallest absolute Gasteiger partial charge is 0.258 e. The second-order valence-corrected chi connectivity index (χ2v) is 11.4. The van der Waals surface area contributed by atoms with E-state index in [1.54, 1.807) is 0 Å². The zero-order valence-electron chi connectivity index (χ0n) is 21.3. The molecule has 8 nitrogen and oxygen atoms in total. The maximum atomic E-state index is 13.2. The number of aromatic nitrogens is 4. The molecular weight excluding hydrogens is 454 g/mol. The van der Waals surface area contributed by atoms with Crippen LogP contribution >= 0.6 is 0 Å². The molecule has 2 bridgehead atoms. The SMILES string of the molecule is Cc1noc(-c2cccc(NC(=O)C3CCCCC3)c2CC23CCC(c4nc(C)no4)(CC2)CC3)n1. The van der Waals surface area contributed by atoms with Crippen molar-refractivity contribution in [2.45, 2.75) is 96.3 Å². The molecule has 4 saturated carbocycles. The van der Waals surface area contributed by atoms with Gasteiger partial charge in [0, 0.05) is 22.6 Å². The molecule has 7 rings (SSSR count). The molecular formula is C28H35N5O3. The molecule has 4 aliphatic rings. The van der Waals surface area contributed by atoms with Crippen molar-refractivity contribution < 1.29 is 13.8 Å². The van der Waals surface area contributed by atoms with E-state index in [0.717, 1.165) is 93.3 Å². The lowest BCUT2D eigenvalue weighted by atomic mass is 9.52. The predicted molar refractivity (Wildman–Crippen MR) is 134 cm³/mol. The van der Waals surface area contributed by atoms with Crippen LogP contribution in [0.2, 0.25) is 0 Å². The van der Waals surface area contributed by atoms with Gasteiger partial charge in [-0.25, -0.2) is 0 Å². The topological polar surface area (TPSA) is 107 Å². The van der Waals surface area contributed by atoms with Crippen molar-refractivity contribution in [3.63, 3.8) is 0 Å². The molecule has 1 aromatic carbocycles. The Labute approximate surface area is 211 Å². The normalized spacial score (nSPS) is 26.3. The van der Waals surface area contributed by atoms with Gasteiger partial charge in [-0.2, -0.15) is 9.97 Å². The van der Waals surface area contributed by atoms with Gasteiger partial charge < -0.3 is 14.4 Å². The molecule has 8 heteroatoms. The van der Waals surface area contributed by atoms with Crippen molar-refractivity contribution in [1.82, 2.24) is 20.3 Å². The lowest BCUT2D eigenvalue weighted by Gasteiger charge is -2.52. The Kier molecular flexibility index (Phi) is 5.92. The molecule has 0 unspecified atom stereocenters. The number of carbonyl (C=O) groups excluding carboxylic acids is 1. The van der Waals surface area contributed by atoms with E-state index < -0.39 is 0 Å². The van der Waals surface area contributed by atoms with Crippen molar-refractivity contribution in [2.75, 3.05) is 5.32 Å². The number of nitrogens with one attached hydrogen (secondary N) is 1. The van der Waals surface area contributed by atoms with Crippen molar-refractivity contribution in [3.8, 4) is 11.5 Å². The second kappa shape index (κ2) is 9.12. The number of hydrogen-bond donors (Lipinski definition) is 1. The summed E-state index contributed by atoms with van der Waals surface area (Å²) in [5, 5.41) is 11.4. The Hall–Kier alpha value is -3.03. The highest BCUT2D eigenvalue weighted by Gasteiger charge is 2.52. The van der Waals surface area contributed by atoms with Crippen LogP contribution in [0.15, 0.2) is 27.2 Å². The van der Waals surface area contributed by atoms with Crippen LogP contribution < -0.4 is 5.32 Å². The van der Waals surface area contributed by atoms with Crippen molar-refractivity contribution in [3.05, 3.63) is 41.3 Å². The third kappa shape index (κ3) is 4.24. The molecule has 190 valence electrons. The van der Waals surface area contributed by atoms with Crippen molar-refractivity contribution >= 4 is 11.6 Å².